The zero-order chi connectivity index (χ0) is 16.0. The Labute approximate surface area is 136 Å². The van der Waals surface area contributed by atoms with E-state index in [4.69, 9.17) is 11.5 Å². The van der Waals surface area contributed by atoms with Gasteiger partial charge in [0.2, 0.25) is 10.0 Å². The number of thioether (sulfide) groups is 1. The molecule has 8 heteroatoms. The van der Waals surface area contributed by atoms with Gasteiger partial charge in [0.15, 0.2) is 0 Å². The van der Waals surface area contributed by atoms with E-state index in [1.165, 1.54) is 17.8 Å². The third-order valence-electron chi connectivity index (χ3n) is 2.56. The van der Waals surface area contributed by atoms with E-state index >= 15 is 0 Å². The number of carboxylic acid groups (broad SMARTS) is 1. The SMILES string of the molecule is C#CCSCCNS(=O)(=O)c1cc(C(=O)O)cc(Br)c1C. The number of sulfonamides is 1. The molecule has 2 N–H and O–H groups in total. The number of halogens is 1. The van der Waals surface area contributed by atoms with E-state index in [0.717, 1.165) is 6.07 Å². The lowest BCUT2D eigenvalue weighted by Gasteiger charge is -2.11. The summed E-state index contributed by atoms with van der Waals surface area (Å²) in [5.41, 5.74) is 0.373. The van der Waals surface area contributed by atoms with Crippen molar-refractivity contribution in [3.05, 3.63) is 27.7 Å². The van der Waals surface area contributed by atoms with Crippen molar-refractivity contribution in [1.82, 2.24) is 4.72 Å². The van der Waals surface area contributed by atoms with E-state index in [9.17, 15) is 13.2 Å². The Balaban J connectivity index is 2.97. The Hall–Kier alpha value is -1.01. The lowest BCUT2D eigenvalue weighted by molar-refractivity contribution is 0.0696. The van der Waals surface area contributed by atoms with Crippen LogP contribution in [0.15, 0.2) is 21.5 Å². The Morgan fingerprint density at radius 2 is 2.19 bits per heavy atom. The monoisotopic (exact) mass is 391 g/mol. The molecule has 0 saturated carbocycles. The van der Waals surface area contributed by atoms with E-state index in [-0.39, 0.29) is 17.0 Å². The molecule has 0 saturated heterocycles. The summed E-state index contributed by atoms with van der Waals surface area (Å²) in [4.78, 5) is 11.0. The Kier molecular flexibility index (Phi) is 6.74. The molecule has 0 spiro atoms. The second-order valence-corrected chi connectivity index (χ2v) is 7.74. The quantitative estimate of drug-likeness (QED) is 0.549. The molecule has 0 aromatic heterocycles. The molecule has 1 aromatic carbocycles. The summed E-state index contributed by atoms with van der Waals surface area (Å²) in [6.45, 7) is 1.83. The molecule has 1 rings (SSSR count). The number of rotatable bonds is 7. The second kappa shape index (κ2) is 7.84. The van der Waals surface area contributed by atoms with E-state index in [0.29, 0.717) is 21.5 Å². The molecule has 0 fully saturated rings. The number of carbonyl (C=O) groups is 1. The molecule has 0 radical (unpaired) electrons. The zero-order valence-corrected chi connectivity index (χ0v) is 14.4. The van der Waals surface area contributed by atoms with Gasteiger partial charge in [0.1, 0.15) is 0 Å². The van der Waals surface area contributed by atoms with Gasteiger partial charge < -0.3 is 5.11 Å². The van der Waals surface area contributed by atoms with Crippen molar-refractivity contribution in [3.63, 3.8) is 0 Å². The fraction of sp³-hybridized carbons (Fsp3) is 0.308. The van der Waals surface area contributed by atoms with E-state index in [1.807, 2.05) is 0 Å². The van der Waals surface area contributed by atoms with Crippen molar-refractivity contribution in [2.45, 2.75) is 11.8 Å². The molecular formula is C13H14BrNO4S2. The van der Waals surface area contributed by atoms with Gasteiger partial charge in [-0.05, 0) is 24.6 Å². The van der Waals surface area contributed by atoms with Crippen molar-refractivity contribution in [2.24, 2.45) is 0 Å². The van der Waals surface area contributed by atoms with Crippen LogP contribution in [0.2, 0.25) is 0 Å². The Morgan fingerprint density at radius 1 is 1.52 bits per heavy atom. The molecule has 5 nitrogen and oxygen atoms in total. The molecular weight excluding hydrogens is 378 g/mol. The van der Waals surface area contributed by atoms with E-state index in [1.54, 1.807) is 6.92 Å². The van der Waals surface area contributed by atoms with Crippen LogP contribution >= 0.6 is 27.7 Å². The van der Waals surface area contributed by atoms with Gasteiger partial charge in [-0.1, -0.05) is 21.9 Å². The maximum absolute atomic E-state index is 12.2. The number of terminal acetylenes is 1. The van der Waals surface area contributed by atoms with Crippen LogP contribution in [0.3, 0.4) is 0 Å². The molecule has 114 valence electrons. The van der Waals surface area contributed by atoms with Gasteiger partial charge in [-0.3, -0.25) is 0 Å². The number of benzene rings is 1. The minimum Gasteiger partial charge on any atom is -0.478 e. The maximum Gasteiger partial charge on any atom is 0.335 e. The first kappa shape index (κ1) is 18.0. The molecule has 0 atom stereocenters. The van der Waals surface area contributed by atoms with Gasteiger partial charge in [0.05, 0.1) is 16.2 Å². The van der Waals surface area contributed by atoms with Crippen LogP contribution in [0, 0.1) is 19.3 Å². The zero-order valence-electron chi connectivity index (χ0n) is 11.2. The summed E-state index contributed by atoms with van der Waals surface area (Å²) in [5, 5.41) is 9.01. The standard InChI is InChI=1S/C13H14BrNO4S2/c1-3-5-20-6-4-15-21(18,19)12-8-10(13(16)17)7-11(14)9(12)2/h1,7-8,15H,4-6H2,2H3,(H,16,17). The lowest BCUT2D eigenvalue weighted by Crippen LogP contribution is -2.27. The third kappa shape index (κ3) is 5.04. The summed E-state index contributed by atoms with van der Waals surface area (Å²) >= 11 is 4.62. The van der Waals surface area contributed by atoms with Crippen molar-refractivity contribution >= 4 is 43.7 Å². The summed E-state index contributed by atoms with van der Waals surface area (Å²) < 4.78 is 27.3. The Morgan fingerprint density at radius 3 is 2.76 bits per heavy atom. The third-order valence-corrected chi connectivity index (χ3v) is 5.83. The highest BCUT2D eigenvalue weighted by Crippen LogP contribution is 2.25. The molecule has 0 bridgehead atoms. The summed E-state index contributed by atoms with van der Waals surface area (Å²) in [7, 11) is -3.76. The summed E-state index contributed by atoms with van der Waals surface area (Å²) in [5.74, 6) is 2.32. The number of aromatic carboxylic acids is 1. The molecule has 21 heavy (non-hydrogen) atoms. The average molecular weight is 392 g/mol. The largest absolute Gasteiger partial charge is 0.478 e. The number of hydrogen-bond donors (Lipinski definition) is 2. The highest BCUT2D eigenvalue weighted by Gasteiger charge is 2.20. The maximum atomic E-state index is 12.2. The predicted octanol–water partition coefficient (Wildman–Crippen LogP) is 2.10. The molecule has 0 aliphatic rings. The molecule has 0 aliphatic carbocycles. The van der Waals surface area contributed by atoms with Crippen molar-refractivity contribution in [3.8, 4) is 12.3 Å². The second-order valence-electron chi connectivity index (χ2n) is 4.04. The van der Waals surface area contributed by atoms with Crippen LogP contribution in [-0.2, 0) is 10.0 Å². The fourth-order valence-corrected chi connectivity index (χ4v) is 4.06. The smallest absolute Gasteiger partial charge is 0.335 e. The van der Waals surface area contributed by atoms with Crippen LogP contribution < -0.4 is 4.72 Å². The van der Waals surface area contributed by atoms with Crippen molar-refractivity contribution < 1.29 is 18.3 Å². The van der Waals surface area contributed by atoms with Gasteiger partial charge in [-0.25, -0.2) is 17.9 Å². The first-order valence-corrected chi connectivity index (χ1v) is 9.27. The van der Waals surface area contributed by atoms with Crippen molar-refractivity contribution in [2.75, 3.05) is 18.1 Å². The summed E-state index contributed by atoms with van der Waals surface area (Å²) in [6, 6.07) is 2.53. The first-order valence-electron chi connectivity index (χ1n) is 5.84. The van der Waals surface area contributed by atoms with Crippen LogP contribution in [0.1, 0.15) is 15.9 Å². The molecule has 0 amide bonds. The van der Waals surface area contributed by atoms with Gasteiger partial charge in [0.25, 0.3) is 0 Å². The van der Waals surface area contributed by atoms with Crippen LogP contribution in [0.5, 0.6) is 0 Å². The topological polar surface area (TPSA) is 83.5 Å². The van der Waals surface area contributed by atoms with Crippen LogP contribution in [-0.4, -0.2) is 37.5 Å². The fourth-order valence-electron chi connectivity index (χ4n) is 1.51. The summed E-state index contributed by atoms with van der Waals surface area (Å²) in [6.07, 6.45) is 5.10. The van der Waals surface area contributed by atoms with Crippen LogP contribution in [0.25, 0.3) is 0 Å². The normalized spacial score (nSPS) is 11.1. The molecule has 0 heterocycles. The molecule has 0 unspecified atom stereocenters. The minimum absolute atomic E-state index is 0.0452. The predicted molar refractivity (Wildman–Crippen MR) is 87.2 cm³/mol. The minimum atomic E-state index is -3.76. The number of carboxylic acids is 1. The van der Waals surface area contributed by atoms with Gasteiger partial charge >= 0.3 is 5.97 Å². The van der Waals surface area contributed by atoms with Crippen LogP contribution in [0.4, 0.5) is 0 Å². The highest BCUT2D eigenvalue weighted by molar-refractivity contribution is 9.10. The van der Waals surface area contributed by atoms with Gasteiger partial charge in [-0.2, -0.15) is 0 Å². The number of nitrogens with one attached hydrogen (secondary N) is 1. The molecule has 0 aliphatic heterocycles. The average Bonchev–Trinajstić information content (AvgIpc) is 2.40. The Bertz CT molecular complexity index is 680. The first-order chi connectivity index (χ1) is 9.79. The van der Waals surface area contributed by atoms with E-state index < -0.39 is 16.0 Å². The van der Waals surface area contributed by atoms with E-state index in [2.05, 4.69) is 26.6 Å². The highest BCUT2D eigenvalue weighted by atomic mass is 79.9. The van der Waals surface area contributed by atoms with Gasteiger partial charge in [0, 0.05) is 16.8 Å². The molecule has 1 aromatic rings. The van der Waals surface area contributed by atoms with Crippen molar-refractivity contribution in [1.29, 1.82) is 0 Å². The lowest BCUT2D eigenvalue weighted by atomic mass is 10.1. The number of hydrogen-bond acceptors (Lipinski definition) is 4. The van der Waals surface area contributed by atoms with Gasteiger partial charge in [-0.15, -0.1) is 18.2 Å².